The fourth-order valence-electron chi connectivity index (χ4n) is 1.66. The van der Waals surface area contributed by atoms with Crippen molar-refractivity contribution in [3.8, 4) is 0 Å². The Hall–Kier alpha value is -1.75. The second-order valence-corrected chi connectivity index (χ2v) is 4.52. The molecule has 0 saturated heterocycles. The molecule has 106 valence electrons. The lowest BCUT2D eigenvalue weighted by Crippen LogP contribution is -2.05. The second kappa shape index (κ2) is 5.71. The van der Waals surface area contributed by atoms with Crippen LogP contribution in [-0.4, -0.2) is 0 Å². The van der Waals surface area contributed by atoms with Gasteiger partial charge in [0.05, 0.1) is 10.6 Å². The van der Waals surface area contributed by atoms with Crippen molar-refractivity contribution in [1.29, 1.82) is 0 Å². The lowest BCUT2D eigenvalue weighted by Gasteiger charge is -2.10. The molecule has 0 aliphatic heterocycles. The Morgan fingerprint density at radius 3 is 2.25 bits per heavy atom. The molecule has 2 aromatic carbocycles. The van der Waals surface area contributed by atoms with Gasteiger partial charge in [-0.05, 0) is 35.9 Å². The lowest BCUT2D eigenvalue weighted by atomic mass is 10.2. The van der Waals surface area contributed by atoms with Crippen LogP contribution in [0.1, 0.15) is 11.1 Å². The number of alkyl halides is 3. The van der Waals surface area contributed by atoms with Crippen LogP contribution in [0.5, 0.6) is 0 Å². The first-order chi connectivity index (χ1) is 9.38. The van der Waals surface area contributed by atoms with Crippen LogP contribution in [0.2, 0.25) is 5.02 Å². The highest BCUT2D eigenvalue weighted by molar-refractivity contribution is 6.31. The molecule has 0 aliphatic carbocycles. The van der Waals surface area contributed by atoms with E-state index in [4.69, 9.17) is 11.6 Å². The molecule has 0 amide bonds. The zero-order chi connectivity index (χ0) is 14.8. The Morgan fingerprint density at radius 2 is 1.65 bits per heavy atom. The molecule has 0 atom stereocenters. The van der Waals surface area contributed by atoms with Gasteiger partial charge in [-0.1, -0.05) is 23.7 Å². The Kier molecular flexibility index (Phi) is 4.18. The first kappa shape index (κ1) is 14.7. The molecule has 2 aromatic rings. The molecule has 0 fully saturated rings. The summed E-state index contributed by atoms with van der Waals surface area (Å²) >= 11 is 5.78. The van der Waals surface area contributed by atoms with E-state index in [1.54, 1.807) is 6.07 Å². The Bertz CT molecular complexity index is 593. The molecule has 0 aliphatic rings. The minimum absolute atomic E-state index is 0.00640. The van der Waals surface area contributed by atoms with E-state index in [1.807, 2.05) is 0 Å². The topological polar surface area (TPSA) is 12.0 Å². The maximum atomic E-state index is 13.2. The maximum Gasteiger partial charge on any atom is 0.416 e. The SMILES string of the molecule is Fc1cccc(CNc2ccc(C(F)(F)F)cc2)c1Cl. The summed E-state index contributed by atoms with van der Waals surface area (Å²) in [4.78, 5) is 0. The van der Waals surface area contributed by atoms with Gasteiger partial charge in [0, 0.05) is 12.2 Å². The van der Waals surface area contributed by atoms with Crippen LogP contribution in [0.25, 0.3) is 0 Å². The summed E-state index contributed by atoms with van der Waals surface area (Å²) < 4.78 is 50.4. The molecule has 0 unspecified atom stereocenters. The monoisotopic (exact) mass is 303 g/mol. The minimum Gasteiger partial charge on any atom is -0.381 e. The van der Waals surface area contributed by atoms with Gasteiger partial charge in [-0.3, -0.25) is 0 Å². The highest BCUT2D eigenvalue weighted by atomic mass is 35.5. The average Bonchev–Trinajstić information content (AvgIpc) is 2.40. The van der Waals surface area contributed by atoms with Gasteiger partial charge in [-0.25, -0.2) is 4.39 Å². The number of hydrogen-bond donors (Lipinski definition) is 1. The molecule has 0 bridgehead atoms. The number of nitrogens with one attached hydrogen (secondary N) is 1. The van der Waals surface area contributed by atoms with Gasteiger partial charge in [0.25, 0.3) is 0 Å². The number of benzene rings is 2. The van der Waals surface area contributed by atoms with Crippen LogP contribution in [0.3, 0.4) is 0 Å². The Labute approximate surface area is 118 Å². The van der Waals surface area contributed by atoms with Crippen LogP contribution in [0.15, 0.2) is 42.5 Å². The van der Waals surface area contributed by atoms with E-state index in [9.17, 15) is 17.6 Å². The van der Waals surface area contributed by atoms with E-state index in [2.05, 4.69) is 5.32 Å². The fraction of sp³-hybridized carbons (Fsp3) is 0.143. The summed E-state index contributed by atoms with van der Waals surface area (Å²) in [6, 6.07) is 8.99. The van der Waals surface area contributed by atoms with Crippen molar-refractivity contribution in [3.05, 3.63) is 64.4 Å². The summed E-state index contributed by atoms with van der Waals surface area (Å²) in [5.74, 6) is -0.529. The van der Waals surface area contributed by atoms with Crippen LogP contribution >= 0.6 is 11.6 Å². The summed E-state index contributed by atoms with van der Waals surface area (Å²) in [5, 5.41) is 2.90. The zero-order valence-corrected chi connectivity index (χ0v) is 10.9. The number of rotatable bonds is 3. The maximum absolute atomic E-state index is 13.2. The summed E-state index contributed by atoms with van der Waals surface area (Å²) in [6.07, 6.45) is -4.36. The van der Waals surface area contributed by atoms with Gasteiger partial charge in [-0.15, -0.1) is 0 Å². The van der Waals surface area contributed by atoms with Crippen molar-refractivity contribution < 1.29 is 17.6 Å². The molecule has 1 nitrogen and oxygen atoms in total. The van der Waals surface area contributed by atoms with E-state index < -0.39 is 17.6 Å². The molecule has 0 aromatic heterocycles. The van der Waals surface area contributed by atoms with Crippen molar-refractivity contribution >= 4 is 17.3 Å². The second-order valence-electron chi connectivity index (χ2n) is 4.14. The largest absolute Gasteiger partial charge is 0.416 e. The van der Waals surface area contributed by atoms with E-state index >= 15 is 0 Å². The van der Waals surface area contributed by atoms with Crippen molar-refractivity contribution in [2.24, 2.45) is 0 Å². The molecule has 0 heterocycles. The summed E-state index contributed by atoms with van der Waals surface area (Å²) in [7, 11) is 0. The average molecular weight is 304 g/mol. The van der Waals surface area contributed by atoms with Gasteiger partial charge in [-0.2, -0.15) is 13.2 Å². The molecule has 0 spiro atoms. The minimum atomic E-state index is -4.36. The molecule has 6 heteroatoms. The predicted molar refractivity (Wildman–Crippen MR) is 70.2 cm³/mol. The fourth-order valence-corrected chi connectivity index (χ4v) is 1.85. The highest BCUT2D eigenvalue weighted by Gasteiger charge is 2.29. The first-order valence-corrected chi connectivity index (χ1v) is 6.10. The van der Waals surface area contributed by atoms with Gasteiger partial charge in [0.1, 0.15) is 5.82 Å². The van der Waals surface area contributed by atoms with Crippen LogP contribution in [-0.2, 0) is 12.7 Å². The Balaban J connectivity index is 2.06. The standard InChI is InChI=1S/C14H10ClF4N/c15-13-9(2-1-3-12(13)16)8-20-11-6-4-10(5-7-11)14(17,18)19/h1-7,20H,8H2. The smallest absolute Gasteiger partial charge is 0.381 e. The quantitative estimate of drug-likeness (QED) is 0.777. The molecular formula is C14H10ClF4N. The van der Waals surface area contributed by atoms with Crippen molar-refractivity contribution in [3.63, 3.8) is 0 Å². The molecule has 2 rings (SSSR count). The first-order valence-electron chi connectivity index (χ1n) is 5.72. The van der Waals surface area contributed by atoms with Crippen LogP contribution in [0, 0.1) is 5.82 Å². The van der Waals surface area contributed by atoms with Crippen molar-refractivity contribution in [2.45, 2.75) is 12.7 Å². The third-order valence-electron chi connectivity index (χ3n) is 2.73. The number of anilines is 1. The zero-order valence-electron chi connectivity index (χ0n) is 10.1. The lowest BCUT2D eigenvalue weighted by molar-refractivity contribution is -0.137. The Morgan fingerprint density at radius 1 is 1.00 bits per heavy atom. The third-order valence-corrected chi connectivity index (χ3v) is 3.15. The number of hydrogen-bond acceptors (Lipinski definition) is 1. The molecule has 0 radical (unpaired) electrons. The highest BCUT2D eigenvalue weighted by Crippen LogP contribution is 2.30. The van der Waals surface area contributed by atoms with Gasteiger partial charge in [0.2, 0.25) is 0 Å². The summed E-state index contributed by atoms with van der Waals surface area (Å²) in [5.41, 5.74) is 0.316. The molecular weight excluding hydrogens is 294 g/mol. The van der Waals surface area contributed by atoms with Gasteiger partial charge < -0.3 is 5.32 Å². The van der Waals surface area contributed by atoms with E-state index in [-0.39, 0.29) is 11.6 Å². The van der Waals surface area contributed by atoms with E-state index in [0.717, 1.165) is 12.1 Å². The van der Waals surface area contributed by atoms with Crippen molar-refractivity contribution in [1.82, 2.24) is 0 Å². The molecule has 1 N–H and O–H groups in total. The van der Waals surface area contributed by atoms with Crippen LogP contribution < -0.4 is 5.32 Å². The van der Waals surface area contributed by atoms with Crippen molar-refractivity contribution in [2.75, 3.05) is 5.32 Å². The van der Waals surface area contributed by atoms with Gasteiger partial charge in [0.15, 0.2) is 0 Å². The van der Waals surface area contributed by atoms with E-state index in [1.165, 1.54) is 24.3 Å². The molecule has 20 heavy (non-hydrogen) atoms. The third kappa shape index (κ3) is 3.42. The van der Waals surface area contributed by atoms with Crippen LogP contribution in [0.4, 0.5) is 23.2 Å². The number of halogens is 5. The normalized spacial score (nSPS) is 11.4. The van der Waals surface area contributed by atoms with Gasteiger partial charge >= 0.3 is 6.18 Å². The molecule has 0 saturated carbocycles. The summed E-state index contributed by atoms with van der Waals surface area (Å²) in [6.45, 7) is 0.224. The predicted octanol–water partition coefficient (Wildman–Crippen LogP) is 5.11. The van der Waals surface area contributed by atoms with E-state index in [0.29, 0.717) is 11.3 Å².